The number of sulfonamides is 1. The zero-order valence-corrected chi connectivity index (χ0v) is 39.7. The summed E-state index contributed by atoms with van der Waals surface area (Å²) in [7, 11) is -4.59. The molecule has 2 saturated heterocycles. The van der Waals surface area contributed by atoms with Gasteiger partial charge in [0.25, 0.3) is 21.6 Å². The van der Waals surface area contributed by atoms with Crippen molar-refractivity contribution < 1.29 is 37.1 Å². The van der Waals surface area contributed by atoms with Gasteiger partial charge in [-0.1, -0.05) is 29.3 Å². The zero-order chi connectivity index (χ0) is 47.5. The number of aromatic amines is 1. The van der Waals surface area contributed by atoms with E-state index in [2.05, 4.69) is 29.8 Å². The number of ether oxygens (including phenoxy) is 3. The van der Waals surface area contributed by atoms with E-state index in [1.165, 1.54) is 35.5 Å². The van der Waals surface area contributed by atoms with Crippen LogP contribution in [0.1, 0.15) is 75.7 Å². The van der Waals surface area contributed by atoms with Gasteiger partial charge in [0.05, 0.1) is 27.0 Å². The number of aromatic nitrogens is 2. The van der Waals surface area contributed by atoms with Crippen LogP contribution in [-0.2, 0) is 24.3 Å². The summed E-state index contributed by atoms with van der Waals surface area (Å²) in [5.41, 5.74) is 3.29. The number of nitro benzene ring substituents is 1. The Morgan fingerprint density at radius 1 is 1.01 bits per heavy atom. The molecule has 1 amide bonds. The van der Waals surface area contributed by atoms with Crippen molar-refractivity contribution in [1.29, 1.82) is 0 Å². The molecule has 16 nitrogen and oxygen atoms in total. The van der Waals surface area contributed by atoms with E-state index in [0.717, 1.165) is 42.0 Å². The number of esters is 1. The molecule has 4 heterocycles. The highest BCUT2D eigenvalue weighted by atomic mass is 35.5. The van der Waals surface area contributed by atoms with E-state index in [0.29, 0.717) is 81.7 Å². The van der Waals surface area contributed by atoms with Gasteiger partial charge >= 0.3 is 5.97 Å². The van der Waals surface area contributed by atoms with Crippen molar-refractivity contribution >= 4 is 67.2 Å². The zero-order valence-electron chi connectivity index (χ0n) is 38.1. The van der Waals surface area contributed by atoms with Gasteiger partial charge in [-0.2, -0.15) is 0 Å². The van der Waals surface area contributed by atoms with Gasteiger partial charge in [-0.05, 0) is 125 Å². The number of anilines is 2. The Labute approximate surface area is 395 Å². The van der Waals surface area contributed by atoms with Crippen molar-refractivity contribution in [2.75, 3.05) is 62.7 Å². The fourth-order valence-electron chi connectivity index (χ4n) is 8.91. The van der Waals surface area contributed by atoms with Gasteiger partial charge < -0.3 is 29.4 Å². The quantitative estimate of drug-likeness (QED) is 0.0542. The standard InChI is InChI=1S/C49H56ClN7O9S/c1-48(2,3)66-47(59)49(4)17-13-40(33-5-7-36(50)8-6-33)35(28-49)31-55-19-21-56(22-20-55)37-9-11-41(44(26-37)65-38-25-34-14-18-51-45(34)53-30-38)46(58)54-67(62,63)39-10-12-42(43(27-39)57(60)61)52-29-32-15-23-64-24-16-32/h5-12,14,18,25-27,30,32,52H,13,15-17,19-24,28-29,31H2,1-4H3,(H,51,53)(H,54,58). The molecule has 5 aromatic rings. The molecular weight excluding hydrogens is 898 g/mol. The summed E-state index contributed by atoms with van der Waals surface area (Å²) in [6, 6.07) is 19.9. The van der Waals surface area contributed by atoms with E-state index in [4.69, 9.17) is 25.8 Å². The first-order valence-corrected chi connectivity index (χ1v) is 24.4. The van der Waals surface area contributed by atoms with Crippen LogP contribution in [0.25, 0.3) is 16.6 Å². The molecule has 0 spiro atoms. The molecule has 3 aliphatic rings. The minimum atomic E-state index is -4.59. The minimum absolute atomic E-state index is 0.0728. The number of nitrogens with one attached hydrogen (secondary N) is 3. The lowest BCUT2D eigenvalue weighted by Gasteiger charge is -2.40. The number of piperazine rings is 1. The van der Waals surface area contributed by atoms with E-state index < -0.39 is 42.5 Å². The van der Waals surface area contributed by atoms with Crippen molar-refractivity contribution in [3.63, 3.8) is 0 Å². The molecule has 8 rings (SSSR count). The van der Waals surface area contributed by atoms with Crippen LogP contribution >= 0.6 is 11.6 Å². The van der Waals surface area contributed by atoms with Crippen LogP contribution in [0.2, 0.25) is 5.02 Å². The van der Waals surface area contributed by atoms with Crippen LogP contribution in [-0.4, -0.2) is 98.2 Å². The highest BCUT2D eigenvalue weighted by Crippen LogP contribution is 2.45. The number of nitrogens with zero attached hydrogens (tertiary/aromatic N) is 4. The van der Waals surface area contributed by atoms with E-state index in [-0.39, 0.29) is 28.9 Å². The number of carbonyl (C=O) groups is 2. The van der Waals surface area contributed by atoms with Gasteiger partial charge in [0.1, 0.15) is 28.4 Å². The van der Waals surface area contributed by atoms with Gasteiger partial charge in [0.2, 0.25) is 0 Å². The smallest absolute Gasteiger partial charge is 0.312 e. The monoisotopic (exact) mass is 953 g/mol. The maximum Gasteiger partial charge on any atom is 0.312 e. The van der Waals surface area contributed by atoms with Crippen LogP contribution in [0, 0.1) is 21.4 Å². The first-order valence-electron chi connectivity index (χ1n) is 22.5. The molecule has 3 aromatic carbocycles. The Morgan fingerprint density at radius 3 is 2.48 bits per heavy atom. The number of pyridine rings is 1. The van der Waals surface area contributed by atoms with Crippen molar-refractivity contribution in [2.24, 2.45) is 11.3 Å². The largest absolute Gasteiger partial charge is 0.460 e. The molecule has 0 saturated carbocycles. The summed E-state index contributed by atoms with van der Waals surface area (Å²) in [6.07, 6.45) is 6.83. The SMILES string of the molecule is CC(C)(C)OC(=O)C1(C)CCC(c2ccc(Cl)cc2)=C(CN2CCN(c3ccc(C(=O)NS(=O)(=O)c4ccc(NCC5CCOCC5)c([N+](=O)[O-])c4)c(Oc4cnc5[nH]ccc5c4)c3)CC2)C1. The number of benzene rings is 3. The molecule has 1 unspecified atom stereocenters. The fraction of sp³-hybridized carbons (Fsp3) is 0.408. The van der Waals surface area contributed by atoms with E-state index >= 15 is 0 Å². The molecule has 1 atom stereocenters. The number of halogens is 1. The fourth-order valence-corrected chi connectivity index (χ4v) is 10.0. The maximum atomic E-state index is 14.0. The molecule has 18 heteroatoms. The summed E-state index contributed by atoms with van der Waals surface area (Å²) < 4.78 is 47.2. The van der Waals surface area contributed by atoms with Crippen LogP contribution in [0.5, 0.6) is 11.5 Å². The summed E-state index contributed by atoms with van der Waals surface area (Å²) in [5, 5.41) is 16.6. The predicted molar refractivity (Wildman–Crippen MR) is 257 cm³/mol. The molecule has 2 aliphatic heterocycles. The Bertz CT molecular complexity index is 2790. The van der Waals surface area contributed by atoms with Crippen LogP contribution in [0.15, 0.2) is 95.7 Å². The van der Waals surface area contributed by atoms with Crippen LogP contribution in [0.4, 0.5) is 17.1 Å². The second-order valence-electron chi connectivity index (χ2n) is 18.8. The second-order valence-corrected chi connectivity index (χ2v) is 20.9. The number of hydrogen-bond acceptors (Lipinski definition) is 13. The normalized spacial score (nSPS) is 18.7. The Balaban J connectivity index is 1.01. The molecule has 2 fully saturated rings. The molecule has 0 radical (unpaired) electrons. The predicted octanol–water partition coefficient (Wildman–Crippen LogP) is 8.98. The minimum Gasteiger partial charge on any atom is -0.460 e. The lowest BCUT2D eigenvalue weighted by atomic mass is 9.71. The number of H-pyrrole nitrogens is 1. The van der Waals surface area contributed by atoms with Crippen molar-refractivity contribution in [1.82, 2.24) is 19.6 Å². The van der Waals surface area contributed by atoms with Crippen molar-refractivity contribution in [3.05, 3.63) is 117 Å². The van der Waals surface area contributed by atoms with Crippen molar-refractivity contribution in [3.8, 4) is 11.5 Å². The first kappa shape index (κ1) is 47.5. The Morgan fingerprint density at radius 2 is 1.76 bits per heavy atom. The third kappa shape index (κ3) is 11.4. The lowest BCUT2D eigenvalue weighted by molar-refractivity contribution is -0.384. The summed E-state index contributed by atoms with van der Waals surface area (Å²) in [4.78, 5) is 50.6. The average Bonchev–Trinajstić information content (AvgIpc) is 3.77. The van der Waals surface area contributed by atoms with E-state index in [1.807, 2.05) is 58.0 Å². The van der Waals surface area contributed by atoms with Crippen LogP contribution < -0.4 is 19.7 Å². The number of allylic oxidation sites excluding steroid dienone is 1. The first-order chi connectivity index (χ1) is 31.9. The topological polar surface area (TPSA) is 198 Å². The molecule has 1 aliphatic carbocycles. The van der Waals surface area contributed by atoms with E-state index in [1.54, 1.807) is 24.4 Å². The third-order valence-corrected chi connectivity index (χ3v) is 14.2. The summed E-state index contributed by atoms with van der Waals surface area (Å²) in [6.45, 7) is 12.7. The highest BCUT2D eigenvalue weighted by molar-refractivity contribution is 7.90. The van der Waals surface area contributed by atoms with Crippen LogP contribution in [0.3, 0.4) is 0 Å². The number of hydrogen-bond donors (Lipinski definition) is 3. The number of rotatable bonds is 14. The van der Waals surface area contributed by atoms with Gasteiger partial charge in [-0.15, -0.1) is 0 Å². The second kappa shape index (κ2) is 19.7. The molecule has 0 bridgehead atoms. The number of carbonyl (C=O) groups excluding carboxylic acids is 2. The molecule has 2 aromatic heterocycles. The molecule has 354 valence electrons. The Kier molecular flexibility index (Phi) is 13.9. The number of amides is 1. The van der Waals surface area contributed by atoms with E-state index in [9.17, 15) is 28.1 Å². The van der Waals surface area contributed by atoms with Crippen molar-refractivity contribution in [2.45, 2.75) is 70.3 Å². The van der Waals surface area contributed by atoms with Gasteiger partial charge in [-0.3, -0.25) is 24.6 Å². The lowest BCUT2D eigenvalue weighted by Crippen LogP contribution is -2.47. The molecule has 3 N–H and O–H groups in total. The van der Waals surface area contributed by atoms with Gasteiger partial charge in [0.15, 0.2) is 0 Å². The molecule has 67 heavy (non-hydrogen) atoms. The Hall–Kier alpha value is -6.01. The summed E-state index contributed by atoms with van der Waals surface area (Å²) in [5.74, 6) is -0.511. The van der Waals surface area contributed by atoms with Gasteiger partial charge in [0, 0.05) is 86.9 Å². The van der Waals surface area contributed by atoms with Gasteiger partial charge in [-0.25, -0.2) is 18.1 Å². The summed E-state index contributed by atoms with van der Waals surface area (Å²) >= 11 is 6.27. The maximum absolute atomic E-state index is 14.0. The number of fused-ring (bicyclic) bond motifs is 1. The third-order valence-electron chi connectivity index (χ3n) is 12.6. The molecular formula is C49H56ClN7O9S. The highest BCUT2D eigenvalue weighted by Gasteiger charge is 2.41. The number of nitro groups is 1. The average molecular weight is 955 g/mol.